The van der Waals surface area contributed by atoms with Crippen LogP contribution in [0.3, 0.4) is 0 Å². The van der Waals surface area contributed by atoms with E-state index in [1.807, 2.05) is 18.6 Å². The molecule has 2 nitrogen and oxygen atoms in total. The first-order chi connectivity index (χ1) is 6.19. The molecule has 5 heteroatoms. The Morgan fingerprint density at radius 3 is 3.00 bits per heavy atom. The number of halogens is 1. The highest BCUT2D eigenvalue weighted by molar-refractivity contribution is 8.00. The Hall–Kier alpha value is -0.190. The van der Waals surface area contributed by atoms with Crippen LogP contribution in [-0.2, 0) is 4.79 Å². The van der Waals surface area contributed by atoms with Gasteiger partial charge < -0.3 is 5.32 Å². The predicted molar refractivity (Wildman–Crippen MR) is 60.2 cm³/mol. The maximum atomic E-state index is 11.1. The number of thioether (sulfide) groups is 1. The van der Waals surface area contributed by atoms with Crippen molar-refractivity contribution in [3.8, 4) is 0 Å². The molecule has 0 unspecified atom stereocenters. The fourth-order valence-corrected chi connectivity index (χ4v) is 2.64. The first-order valence-electron chi connectivity index (χ1n) is 3.67. The second kappa shape index (κ2) is 4.88. The molecule has 0 radical (unpaired) electrons. The Kier molecular flexibility index (Phi) is 4.09. The normalized spacial score (nSPS) is 10.1. The number of anilines is 1. The van der Waals surface area contributed by atoms with Crippen LogP contribution in [0.15, 0.2) is 9.59 Å². The number of carbonyl (C=O) groups is 1. The highest BCUT2D eigenvalue weighted by Crippen LogP contribution is 2.34. The van der Waals surface area contributed by atoms with Crippen molar-refractivity contribution in [3.05, 3.63) is 10.9 Å². The van der Waals surface area contributed by atoms with Crippen molar-refractivity contribution in [2.45, 2.75) is 11.1 Å². The van der Waals surface area contributed by atoms with Gasteiger partial charge in [-0.15, -0.1) is 34.7 Å². The Morgan fingerprint density at radius 2 is 2.46 bits per heavy atom. The average Bonchev–Trinajstić information content (AvgIpc) is 2.48. The molecule has 1 aromatic heterocycles. The summed E-state index contributed by atoms with van der Waals surface area (Å²) in [6, 6.07) is 0. The maximum absolute atomic E-state index is 11.1. The monoisotopic (exact) mass is 235 g/mol. The van der Waals surface area contributed by atoms with E-state index in [-0.39, 0.29) is 11.8 Å². The Morgan fingerprint density at radius 1 is 1.77 bits per heavy atom. The molecular weight excluding hydrogens is 226 g/mol. The van der Waals surface area contributed by atoms with Crippen LogP contribution < -0.4 is 5.32 Å². The summed E-state index contributed by atoms with van der Waals surface area (Å²) in [4.78, 5) is 11.1. The third kappa shape index (κ3) is 2.62. The van der Waals surface area contributed by atoms with Crippen LogP contribution in [-0.4, -0.2) is 18.0 Å². The highest BCUT2D eigenvalue weighted by Gasteiger charge is 2.09. The van der Waals surface area contributed by atoms with Gasteiger partial charge >= 0.3 is 0 Å². The third-order valence-electron chi connectivity index (χ3n) is 1.51. The summed E-state index contributed by atoms with van der Waals surface area (Å²) in [6.45, 7) is 1.97. The summed E-state index contributed by atoms with van der Waals surface area (Å²) in [6.07, 6.45) is 1.99. The zero-order valence-corrected chi connectivity index (χ0v) is 9.78. The maximum Gasteiger partial charge on any atom is 0.239 e. The SMILES string of the molecule is CSc1scc(C)c1NC(=O)CCl. The van der Waals surface area contributed by atoms with Crippen molar-refractivity contribution < 1.29 is 4.79 Å². The summed E-state index contributed by atoms with van der Waals surface area (Å²) in [5, 5.41) is 4.80. The molecule has 0 saturated carbocycles. The molecule has 0 aliphatic carbocycles. The number of thiophene rings is 1. The lowest BCUT2D eigenvalue weighted by atomic mass is 10.3. The predicted octanol–water partition coefficient (Wildman–Crippen LogP) is 2.96. The summed E-state index contributed by atoms with van der Waals surface area (Å²) in [5.74, 6) is -0.151. The van der Waals surface area contributed by atoms with Gasteiger partial charge in [0, 0.05) is 0 Å². The molecule has 0 aliphatic heterocycles. The Labute approximate surface area is 90.7 Å². The Bertz CT molecular complexity index is 311. The number of carbonyl (C=O) groups excluding carboxylic acids is 1. The summed E-state index contributed by atoms with van der Waals surface area (Å²) in [7, 11) is 0. The van der Waals surface area contributed by atoms with Gasteiger partial charge in [-0.05, 0) is 24.1 Å². The molecule has 1 aromatic rings. The molecule has 0 fully saturated rings. The summed E-state index contributed by atoms with van der Waals surface area (Å²) < 4.78 is 1.12. The lowest BCUT2D eigenvalue weighted by molar-refractivity contribution is -0.113. The minimum Gasteiger partial charge on any atom is -0.323 e. The molecule has 0 aliphatic rings. The van der Waals surface area contributed by atoms with Gasteiger partial charge in [-0.2, -0.15) is 0 Å². The standard InChI is InChI=1S/C8H10ClNOS2/c1-5-4-13-8(12-2)7(5)10-6(11)3-9/h4H,3H2,1-2H3,(H,10,11). The van der Waals surface area contributed by atoms with Crippen molar-refractivity contribution in [3.63, 3.8) is 0 Å². The van der Waals surface area contributed by atoms with Crippen molar-refractivity contribution in [2.24, 2.45) is 0 Å². The average molecular weight is 236 g/mol. The van der Waals surface area contributed by atoms with Crippen LogP contribution >= 0.6 is 34.7 Å². The number of aryl methyl sites for hydroxylation is 1. The van der Waals surface area contributed by atoms with Crippen molar-refractivity contribution in [1.82, 2.24) is 0 Å². The second-order valence-corrected chi connectivity index (χ2v) is 4.69. The topological polar surface area (TPSA) is 29.1 Å². The summed E-state index contributed by atoms with van der Waals surface area (Å²) >= 11 is 8.66. The van der Waals surface area contributed by atoms with Crippen LogP contribution in [0.1, 0.15) is 5.56 Å². The molecule has 1 heterocycles. The van der Waals surface area contributed by atoms with Gasteiger partial charge in [0.1, 0.15) is 5.88 Å². The molecule has 72 valence electrons. The van der Waals surface area contributed by atoms with E-state index in [1.54, 1.807) is 23.1 Å². The molecule has 0 saturated heterocycles. The minimum absolute atomic E-state index is 0.00308. The van der Waals surface area contributed by atoms with E-state index < -0.39 is 0 Å². The van der Waals surface area contributed by atoms with E-state index in [9.17, 15) is 4.79 Å². The molecule has 0 aromatic carbocycles. The van der Waals surface area contributed by atoms with Crippen molar-refractivity contribution in [1.29, 1.82) is 0 Å². The van der Waals surface area contributed by atoms with E-state index in [4.69, 9.17) is 11.6 Å². The van der Waals surface area contributed by atoms with E-state index in [0.717, 1.165) is 15.5 Å². The molecule has 0 bridgehead atoms. The molecule has 0 spiro atoms. The fraction of sp³-hybridized carbons (Fsp3) is 0.375. The zero-order chi connectivity index (χ0) is 9.84. The lowest BCUT2D eigenvalue weighted by Gasteiger charge is -2.03. The second-order valence-electron chi connectivity index (χ2n) is 2.47. The van der Waals surface area contributed by atoms with Crippen LogP contribution in [0, 0.1) is 6.92 Å². The zero-order valence-electron chi connectivity index (χ0n) is 7.39. The number of nitrogens with one attached hydrogen (secondary N) is 1. The molecule has 0 atom stereocenters. The Balaban J connectivity index is 2.85. The smallest absolute Gasteiger partial charge is 0.239 e. The number of alkyl halides is 1. The van der Waals surface area contributed by atoms with Crippen LogP contribution in [0.25, 0.3) is 0 Å². The van der Waals surface area contributed by atoms with Crippen molar-refractivity contribution >= 4 is 46.3 Å². The molecular formula is C8H10ClNOS2. The van der Waals surface area contributed by atoms with Gasteiger partial charge in [-0.1, -0.05) is 0 Å². The largest absolute Gasteiger partial charge is 0.323 e. The minimum atomic E-state index is -0.154. The van der Waals surface area contributed by atoms with Crippen LogP contribution in [0.5, 0.6) is 0 Å². The van der Waals surface area contributed by atoms with E-state index in [2.05, 4.69) is 5.32 Å². The first-order valence-corrected chi connectivity index (χ1v) is 6.30. The number of hydrogen-bond acceptors (Lipinski definition) is 3. The number of hydrogen-bond donors (Lipinski definition) is 1. The third-order valence-corrected chi connectivity index (χ3v) is 4.01. The molecule has 1 N–H and O–H groups in total. The van der Waals surface area contributed by atoms with E-state index in [1.165, 1.54) is 0 Å². The van der Waals surface area contributed by atoms with Gasteiger partial charge in [-0.3, -0.25) is 4.79 Å². The lowest BCUT2D eigenvalue weighted by Crippen LogP contribution is -2.13. The van der Waals surface area contributed by atoms with Crippen LogP contribution in [0.4, 0.5) is 5.69 Å². The quantitative estimate of drug-likeness (QED) is 0.645. The molecule has 1 amide bonds. The highest BCUT2D eigenvalue weighted by atomic mass is 35.5. The molecule has 1 rings (SSSR count). The van der Waals surface area contributed by atoms with Gasteiger partial charge in [-0.25, -0.2) is 0 Å². The van der Waals surface area contributed by atoms with Gasteiger partial charge in [0.2, 0.25) is 5.91 Å². The van der Waals surface area contributed by atoms with Gasteiger partial charge in [0.05, 0.1) is 9.90 Å². The van der Waals surface area contributed by atoms with Crippen molar-refractivity contribution in [2.75, 3.05) is 17.5 Å². The van der Waals surface area contributed by atoms with Gasteiger partial charge in [0.25, 0.3) is 0 Å². The van der Waals surface area contributed by atoms with Gasteiger partial charge in [0.15, 0.2) is 0 Å². The number of amides is 1. The molecule has 13 heavy (non-hydrogen) atoms. The van der Waals surface area contributed by atoms with Crippen LogP contribution in [0.2, 0.25) is 0 Å². The summed E-state index contributed by atoms with van der Waals surface area (Å²) in [5.41, 5.74) is 2.00. The van der Waals surface area contributed by atoms with E-state index in [0.29, 0.717) is 0 Å². The first kappa shape index (κ1) is 10.9. The number of rotatable bonds is 3. The fourth-order valence-electron chi connectivity index (χ4n) is 0.893. The van der Waals surface area contributed by atoms with E-state index >= 15 is 0 Å².